The standard InChI is InChI=1S/C20H26N4O/c1-3-23-10-12-24(13-11-23)19-9-8-18(15-21-19)22-20(25)14-17-7-5-4-6-16(17)2/h4-9,15H,3,10-14H2,1-2H3,(H,22,25). The monoisotopic (exact) mass is 338 g/mol. The highest BCUT2D eigenvalue weighted by atomic mass is 16.1. The third-order valence-corrected chi connectivity index (χ3v) is 4.79. The van der Waals surface area contributed by atoms with Crippen LogP contribution >= 0.6 is 0 Å². The third-order valence-electron chi connectivity index (χ3n) is 4.79. The van der Waals surface area contributed by atoms with E-state index in [0.29, 0.717) is 6.42 Å². The summed E-state index contributed by atoms with van der Waals surface area (Å²) in [5.41, 5.74) is 2.94. The molecule has 1 aromatic carbocycles. The van der Waals surface area contributed by atoms with Crippen molar-refractivity contribution in [3.8, 4) is 0 Å². The van der Waals surface area contributed by atoms with E-state index in [1.54, 1.807) is 6.20 Å². The molecule has 3 rings (SSSR count). The lowest BCUT2D eigenvalue weighted by Gasteiger charge is -2.34. The van der Waals surface area contributed by atoms with Crippen LogP contribution in [0.3, 0.4) is 0 Å². The molecule has 2 aromatic rings. The number of anilines is 2. The van der Waals surface area contributed by atoms with E-state index in [1.807, 2.05) is 43.3 Å². The van der Waals surface area contributed by atoms with Crippen LogP contribution in [0.25, 0.3) is 0 Å². The van der Waals surface area contributed by atoms with E-state index < -0.39 is 0 Å². The number of carbonyl (C=O) groups excluding carboxylic acids is 1. The normalized spacial score (nSPS) is 15.2. The Balaban J connectivity index is 1.56. The lowest BCUT2D eigenvalue weighted by molar-refractivity contribution is -0.115. The number of nitrogens with one attached hydrogen (secondary N) is 1. The molecular formula is C20H26N4O. The Hall–Kier alpha value is -2.40. The number of hydrogen-bond donors (Lipinski definition) is 1. The molecule has 1 amide bonds. The fourth-order valence-corrected chi connectivity index (χ4v) is 3.13. The Kier molecular flexibility index (Phi) is 5.66. The number of benzene rings is 1. The fourth-order valence-electron chi connectivity index (χ4n) is 3.13. The molecule has 0 unspecified atom stereocenters. The van der Waals surface area contributed by atoms with E-state index in [2.05, 4.69) is 27.0 Å². The minimum Gasteiger partial charge on any atom is -0.354 e. The highest BCUT2D eigenvalue weighted by Gasteiger charge is 2.16. The van der Waals surface area contributed by atoms with Gasteiger partial charge in [0.25, 0.3) is 0 Å². The number of aryl methyl sites for hydroxylation is 1. The van der Waals surface area contributed by atoms with Crippen molar-refractivity contribution < 1.29 is 4.79 Å². The molecule has 1 aliphatic rings. The molecular weight excluding hydrogens is 312 g/mol. The van der Waals surface area contributed by atoms with Crippen molar-refractivity contribution in [1.29, 1.82) is 0 Å². The maximum absolute atomic E-state index is 12.2. The molecule has 1 fully saturated rings. The van der Waals surface area contributed by atoms with Crippen molar-refractivity contribution in [3.05, 3.63) is 53.7 Å². The van der Waals surface area contributed by atoms with Crippen LogP contribution in [0.4, 0.5) is 11.5 Å². The fraction of sp³-hybridized carbons (Fsp3) is 0.400. The molecule has 0 aliphatic carbocycles. The van der Waals surface area contributed by atoms with Crippen LogP contribution in [0.15, 0.2) is 42.6 Å². The molecule has 0 saturated carbocycles. The minimum absolute atomic E-state index is 0.0135. The summed E-state index contributed by atoms with van der Waals surface area (Å²) in [6, 6.07) is 11.9. The Morgan fingerprint density at radius 2 is 1.88 bits per heavy atom. The van der Waals surface area contributed by atoms with Gasteiger partial charge in [0, 0.05) is 26.2 Å². The van der Waals surface area contributed by atoms with Crippen molar-refractivity contribution >= 4 is 17.4 Å². The van der Waals surface area contributed by atoms with E-state index in [-0.39, 0.29) is 5.91 Å². The van der Waals surface area contributed by atoms with Crippen LogP contribution in [0.2, 0.25) is 0 Å². The van der Waals surface area contributed by atoms with Gasteiger partial charge in [-0.3, -0.25) is 4.79 Å². The van der Waals surface area contributed by atoms with Gasteiger partial charge in [0.05, 0.1) is 18.3 Å². The van der Waals surface area contributed by atoms with Crippen LogP contribution in [-0.4, -0.2) is 48.5 Å². The number of amides is 1. The summed E-state index contributed by atoms with van der Waals surface area (Å²) in [6.45, 7) is 9.48. The summed E-state index contributed by atoms with van der Waals surface area (Å²) in [7, 11) is 0. The molecule has 0 spiro atoms. The molecule has 25 heavy (non-hydrogen) atoms. The van der Waals surface area contributed by atoms with Crippen molar-refractivity contribution in [2.75, 3.05) is 42.9 Å². The molecule has 2 heterocycles. The predicted molar refractivity (Wildman–Crippen MR) is 102 cm³/mol. The molecule has 5 nitrogen and oxygen atoms in total. The van der Waals surface area contributed by atoms with Gasteiger partial charge in [0.2, 0.25) is 5.91 Å². The average molecular weight is 338 g/mol. The van der Waals surface area contributed by atoms with E-state index in [4.69, 9.17) is 0 Å². The van der Waals surface area contributed by atoms with Gasteiger partial charge in [-0.1, -0.05) is 31.2 Å². The van der Waals surface area contributed by atoms with Gasteiger partial charge in [0.15, 0.2) is 0 Å². The number of pyridine rings is 1. The number of nitrogens with zero attached hydrogens (tertiary/aromatic N) is 3. The van der Waals surface area contributed by atoms with E-state index in [9.17, 15) is 4.79 Å². The van der Waals surface area contributed by atoms with Gasteiger partial charge >= 0.3 is 0 Å². The summed E-state index contributed by atoms with van der Waals surface area (Å²) in [5.74, 6) is 0.966. The third kappa shape index (κ3) is 4.57. The van der Waals surface area contributed by atoms with Gasteiger partial charge in [-0.25, -0.2) is 4.98 Å². The highest BCUT2D eigenvalue weighted by Crippen LogP contribution is 2.17. The predicted octanol–water partition coefficient (Wildman–Crippen LogP) is 2.71. The second-order valence-electron chi connectivity index (χ2n) is 6.48. The SMILES string of the molecule is CCN1CCN(c2ccc(NC(=O)Cc3ccccc3C)cn2)CC1. The van der Waals surface area contributed by atoms with Crippen molar-refractivity contribution in [2.24, 2.45) is 0 Å². The van der Waals surface area contributed by atoms with Gasteiger partial charge in [-0.15, -0.1) is 0 Å². The number of rotatable bonds is 5. The zero-order valence-corrected chi connectivity index (χ0v) is 15.0. The van der Waals surface area contributed by atoms with E-state index in [0.717, 1.165) is 55.4 Å². The van der Waals surface area contributed by atoms with Crippen LogP contribution < -0.4 is 10.2 Å². The van der Waals surface area contributed by atoms with Crippen LogP contribution in [0, 0.1) is 6.92 Å². The van der Waals surface area contributed by atoms with E-state index in [1.165, 1.54) is 0 Å². The molecule has 0 atom stereocenters. The average Bonchev–Trinajstić information content (AvgIpc) is 2.64. The molecule has 5 heteroatoms. The number of hydrogen-bond acceptors (Lipinski definition) is 4. The topological polar surface area (TPSA) is 48.5 Å². The first-order chi connectivity index (χ1) is 12.2. The molecule has 1 saturated heterocycles. The zero-order chi connectivity index (χ0) is 17.6. The minimum atomic E-state index is -0.0135. The number of aromatic nitrogens is 1. The highest BCUT2D eigenvalue weighted by molar-refractivity contribution is 5.92. The quantitative estimate of drug-likeness (QED) is 0.911. The Bertz CT molecular complexity index is 706. The van der Waals surface area contributed by atoms with Crippen molar-refractivity contribution in [2.45, 2.75) is 20.3 Å². The Morgan fingerprint density at radius 3 is 2.52 bits per heavy atom. The summed E-state index contributed by atoms with van der Waals surface area (Å²) >= 11 is 0. The maximum atomic E-state index is 12.2. The van der Waals surface area contributed by atoms with Gasteiger partial charge in [0.1, 0.15) is 5.82 Å². The smallest absolute Gasteiger partial charge is 0.228 e. The summed E-state index contributed by atoms with van der Waals surface area (Å²) in [6.07, 6.45) is 2.13. The zero-order valence-electron chi connectivity index (χ0n) is 15.0. The molecule has 0 radical (unpaired) electrons. The van der Waals surface area contributed by atoms with Crippen LogP contribution in [0.5, 0.6) is 0 Å². The van der Waals surface area contributed by atoms with Crippen LogP contribution in [0.1, 0.15) is 18.1 Å². The Labute approximate surface area is 149 Å². The van der Waals surface area contributed by atoms with Crippen molar-refractivity contribution in [1.82, 2.24) is 9.88 Å². The second-order valence-corrected chi connectivity index (χ2v) is 6.48. The van der Waals surface area contributed by atoms with Gasteiger partial charge < -0.3 is 15.1 Å². The lowest BCUT2D eigenvalue weighted by Crippen LogP contribution is -2.46. The lowest BCUT2D eigenvalue weighted by atomic mass is 10.1. The second kappa shape index (κ2) is 8.12. The largest absolute Gasteiger partial charge is 0.354 e. The first-order valence-corrected chi connectivity index (χ1v) is 8.93. The molecule has 0 bridgehead atoms. The molecule has 1 N–H and O–H groups in total. The Morgan fingerprint density at radius 1 is 1.12 bits per heavy atom. The first-order valence-electron chi connectivity index (χ1n) is 8.93. The van der Waals surface area contributed by atoms with Gasteiger partial charge in [-0.05, 0) is 36.7 Å². The number of likely N-dealkylation sites (N-methyl/N-ethyl adjacent to an activating group) is 1. The molecule has 1 aliphatic heterocycles. The number of piperazine rings is 1. The molecule has 1 aromatic heterocycles. The van der Waals surface area contributed by atoms with Crippen LogP contribution in [-0.2, 0) is 11.2 Å². The van der Waals surface area contributed by atoms with Crippen molar-refractivity contribution in [3.63, 3.8) is 0 Å². The van der Waals surface area contributed by atoms with E-state index >= 15 is 0 Å². The maximum Gasteiger partial charge on any atom is 0.228 e. The first kappa shape index (κ1) is 17.4. The molecule has 132 valence electrons. The summed E-state index contributed by atoms with van der Waals surface area (Å²) < 4.78 is 0. The summed E-state index contributed by atoms with van der Waals surface area (Å²) in [5, 5.41) is 2.94. The van der Waals surface area contributed by atoms with Gasteiger partial charge in [-0.2, -0.15) is 0 Å². The summed E-state index contributed by atoms with van der Waals surface area (Å²) in [4.78, 5) is 21.5. The number of carbonyl (C=O) groups is 1.